The fourth-order valence-corrected chi connectivity index (χ4v) is 2.99. The Kier molecular flexibility index (Phi) is 5.59. The Morgan fingerprint density at radius 2 is 2.20 bits per heavy atom. The van der Waals surface area contributed by atoms with Crippen LogP contribution in [-0.4, -0.2) is 51.2 Å². The molecule has 8 heteroatoms. The number of ether oxygens (including phenoxy) is 1. The lowest BCUT2D eigenvalue weighted by molar-refractivity contribution is 0.0554. The van der Waals surface area contributed by atoms with Crippen LogP contribution >= 0.6 is 0 Å². The van der Waals surface area contributed by atoms with Crippen molar-refractivity contribution in [2.75, 3.05) is 27.3 Å². The summed E-state index contributed by atoms with van der Waals surface area (Å²) in [4.78, 5) is -0.424. The number of halogens is 1. The molecule has 0 saturated heterocycles. The minimum absolute atomic E-state index is 0.0336. The normalized spacial score (nSPS) is 13.2. The van der Waals surface area contributed by atoms with Crippen molar-refractivity contribution in [2.45, 2.75) is 11.0 Å². The van der Waals surface area contributed by atoms with Gasteiger partial charge in [0.1, 0.15) is 22.3 Å². The highest BCUT2D eigenvalue weighted by Crippen LogP contribution is 2.21. The van der Waals surface area contributed by atoms with Gasteiger partial charge in [-0.15, -0.1) is 0 Å². The summed E-state index contributed by atoms with van der Waals surface area (Å²) in [6, 6.07) is 4.91. The molecule has 1 atom stereocenters. The van der Waals surface area contributed by atoms with Crippen LogP contribution in [0.5, 0.6) is 0 Å². The second-order valence-corrected chi connectivity index (χ2v) is 6.13. The summed E-state index contributed by atoms with van der Waals surface area (Å²) in [5.74, 6) is -0.903. The molecule has 1 aromatic carbocycles. The Morgan fingerprint density at radius 3 is 2.75 bits per heavy atom. The molecule has 6 nitrogen and oxygen atoms in total. The van der Waals surface area contributed by atoms with Crippen molar-refractivity contribution in [3.8, 4) is 6.07 Å². The molecule has 0 aliphatic heterocycles. The van der Waals surface area contributed by atoms with Crippen LogP contribution in [0.25, 0.3) is 0 Å². The zero-order valence-corrected chi connectivity index (χ0v) is 11.9. The molecular weight excluding hydrogens is 287 g/mol. The molecule has 110 valence electrons. The van der Waals surface area contributed by atoms with Gasteiger partial charge in [0.25, 0.3) is 0 Å². The summed E-state index contributed by atoms with van der Waals surface area (Å²) in [5, 5.41) is 18.4. The van der Waals surface area contributed by atoms with Gasteiger partial charge >= 0.3 is 0 Å². The number of benzene rings is 1. The Balaban J connectivity index is 3.12. The smallest absolute Gasteiger partial charge is 0.244 e. The van der Waals surface area contributed by atoms with Crippen LogP contribution in [0.4, 0.5) is 4.39 Å². The quantitative estimate of drug-likeness (QED) is 0.817. The van der Waals surface area contributed by atoms with Gasteiger partial charge in [0.15, 0.2) is 0 Å². The number of sulfonamides is 1. The van der Waals surface area contributed by atoms with Crippen molar-refractivity contribution in [3.05, 3.63) is 29.6 Å². The van der Waals surface area contributed by atoms with Crippen molar-refractivity contribution in [2.24, 2.45) is 0 Å². The first-order valence-electron chi connectivity index (χ1n) is 5.66. The number of nitriles is 1. The van der Waals surface area contributed by atoms with Crippen LogP contribution in [0.2, 0.25) is 0 Å². The van der Waals surface area contributed by atoms with E-state index in [4.69, 9.17) is 10.00 Å². The van der Waals surface area contributed by atoms with Crippen LogP contribution in [0.15, 0.2) is 23.1 Å². The highest BCUT2D eigenvalue weighted by molar-refractivity contribution is 7.89. The van der Waals surface area contributed by atoms with Gasteiger partial charge in [0, 0.05) is 20.7 Å². The van der Waals surface area contributed by atoms with Gasteiger partial charge in [-0.1, -0.05) is 6.07 Å². The molecule has 0 radical (unpaired) electrons. The first-order valence-corrected chi connectivity index (χ1v) is 7.10. The largest absolute Gasteiger partial charge is 0.389 e. The summed E-state index contributed by atoms with van der Waals surface area (Å²) in [7, 11) is -1.45. The first kappa shape index (κ1) is 16.5. The number of methoxy groups -OCH3 is 1. The summed E-state index contributed by atoms with van der Waals surface area (Å²) in [6.45, 7) is -0.258. The molecule has 0 spiro atoms. The molecule has 0 bridgehead atoms. The van der Waals surface area contributed by atoms with Gasteiger partial charge < -0.3 is 9.84 Å². The number of likely N-dealkylation sites (N-methyl/N-ethyl adjacent to an activating group) is 1. The van der Waals surface area contributed by atoms with E-state index in [1.807, 2.05) is 0 Å². The summed E-state index contributed by atoms with van der Waals surface area (Å²) in [5.41, 5.74) is -0.541. The van der Waals surface area contributed by atoms with Crippen LogP contribution < -0.4 is 0 Å². The predicted octanol–water partition coefficient (Wildman–Crippen LogP) is 0.325. The number of aliphatic hydroxyl groups is 1. The molecule has 0 fully saturated rings. The fourth-order valence-electron chi connectivity index (χ4n) is 1.64. The lowest BCUT2D eigenvalue weighted by Gasteiger charge is -2.20. The Bertz CT molecular complexity index is 612. The third-order valence-corrected chi connectivity index (χ3v) is 4.47. The molecule has 0 heterocycles. The third kappa shape index (κ3) is 3.52. The van der Waals surface area contributed by atoms with Gasteiger partial charge in [-0.05, 0) is 12.1 Å². The highest BCUT2D eigenvalue weighted by atomic mass is 32.2. The van der Waals surface area contributed by atoms with Crippen LogP contribution in [-0.2, 0) is 14.8 Å². The average Bonchev–Trinajstić information content (AvgIpc) is 2.38. The summed E-state index contributed by atoms with van der Waals surface area (Å²) >= 11 is 0. The van der Waals surface area contributed by atoms with Gasteiger partial charge in [-0.2, -0.15) is 9.57 Å². The third-order valence-electron chi connectivity index (χ3n) is 2.60. The topological polar surface area (TPSA) is 90.6 Å². The standard InChI is InChI=1S/C12H15FN2O4S/c1-15(7-9(16)8-19-2)20(17,18)12-5-3-4-11(13)10(12)6-14/h3-5,9,16H,7-8H2,1-2H3. The molecule has 1 rings (SSSR count). The number of hydrogen-bond acceptors (Lipinski definition) is 5. The molecule has 1 aromatic rings. The lowest BCUT2D eigenvalue weighted by atomic mass is 10.2. The molecule has 0 saturated carbocycles. The van der Waals surface area contributed by atoms with E-state index in [0.29, 0.717) is 0 Å². The number of nitrogens with zero attached hydrogens (tertiary/aromatic N) is 2. The van der Waals surface area contributed by atoms with Gasteiger partial charge in [-0.25, -0.2) is 12.8 Å². The van der Waals surface area contributed by atoms with E-state index in [2.05, 4.69) is 0 Å². The van der Waals surface area contributed by atoms with E-state index in [1.165, 1.54) is 26.3 Å². The minimum atomic E-state index is -4.06. The van der Waals surface area contributed by atoms with E-state index in [9.17, 15) is 17.9 Å². The lowest BCUT2D eigenvalue weighted by Crippen LogP contribution is -2.36. The van der Waals surface area contributed by atoms with Gasteiger partial charge in [-0.3, -0.25) is 0 Å². The highest BCUT2D eigenvalue weighted by Gasteiger charge is 2.27. The van der Waals surface area contributed by atoms with Crippen LogP contribution in [0.1, 0.15) is 5.56 Å². The van der Waals surface area contributed by atoms with E-state index in [0.717, 1.165) is 16.4 Å². The zero-order chi connectivity index (χ0) is 15.3. The number of aliphatic hydroxyl groups excluding tert-OH is 1. The molecule has 1 N–H and O–H groups in total. The van der Waals surface area contributed by atoms with E-state index >= 15 is 0 Å². The van der Waals surface area contributed by atoms with Crippen molar-refractivity contribution >= 4 is 10.0 Å². The molecular formula is C12H15FN2O4S. The monoisotopic (exact) mass is 302 g/mol. The first-order chi connectivity index (χ1) is 9.34. The fraction of sp³-hybridized carbons (Fsp3) is 0.417. The molecule has 0 aromatic heterocycles. The Labute approximate surface area is 117 Å². The van der Waals surface area contributed by atoms with E-state index in [1.54, 1.807) is 0 Å². The maximum atomic E-state index is 13.5. The Hall–Kier alpha value is -1.53. The maximum Gasteiger partial charge on any atom is 0.244 e. The maximum absolute atomic E-state index is 13.5. The van der Waals surface area contributed by atoms with Gasteiger partial charge in [0.2, 0.25) is 10.0 Å². The second-order valence-electron chi connectivity index (χ2n) is 4.12. The minimum Gasteiger partial charge on any atom is -0.389 e. The summed E-state index contributed by atoms with van der Waals surface area (Å²) in [6.07, 6.45) is -1.01. The van der Waals surface area contributed by atoms with E-state index in [-0.39, 0.29) is 13.2 Å². The molecule has 0 amide bonds. The SMILES string of the molecule is COCC(O)CN(C)S(=O)(=O)c1cccc(F)c1C#N. The van der Waals surface area contributed by atoms with Crippen molar-refractivity contribution < 1.29 is 22.7 Å². The molecule has 0 aliphatic rings. The molecule has 0 aliphatic carbocycles. The average molecular weight is 302 g/mol. The van der Waals surface area contributed by atoms with Crippen LogP contribution in [0, 0.1) is 17.1 Å². The van der Waals surface area contributed by atoms with E-state index < -0.39 is 32.4 Å². The number of hydrogen-bond donors (Lipinski definition) is 1. The second kappa shape index (κ2) is 6.76. The predicted molar refractivity (Wildman–Crippen MR) is 68.8 cm³/mol. The number of rotatable bonds is 6. The van der Waals surface area contributed by atoms with Crippen molar-refractivity contribution in [1.29, 1.82) is 5.26 Å². The Morgan fingerprint density at radius 1 is 1.55 bits per heavy atom. The summed E-state index contributed by atoms with van der Waals surface area (Å²) < 4.78 is 43.5. The van der Waals surface area contributed by atoms with Crippen molar-refractivity contribution in [3.63, 3.8) is 0 Å². The van der Waals surface area contributed by atoms with Gasteiger partial charge in [0.05, 0.1) is 12.7 Å². The molecule has 1 unspecified atom stereocenters. The zero-order valence-electron chi connectivity index (χ0n) is 11.1. The molecule has 20 heavy (non-hydrogen) atoms. The van der Waals surface area contributed by atoms with Crippen molar-refractivity contribution in [1.82, 2.24) is 4.31 Å². The van der Waals surface area contributed by atoms with Crippen LogP contribution in [0.3, 0.4) is 0 Å².